The number of amides is 1. The van der Waals surface area contributed by atoms with E-state index in [-0.39, 0.29) is 36.8 Å². The third kappa shape index (κ3) is 6.47. The van der Waals surface area contributed by atoms with Gasteiger partial charge < -0.3 is 20.1 Å². The number of morpholine rings is 1. The standard InChI is InChI=1S/C17H24N2O4.ClH/c1-12(2)23-16(20)10-14(13-6-4-3-5-7-13)19-17(21)15-11-18-8-9-22-15;/h3-7,12,14-15,18H,8-11H2,1-2H3,(H,19,21);1H. The molecule has 7 heteroatoms. The number of benzene rings is 1. The normalized spacial score (nSPS) is 18.4. The van der Waals surface area contributed by atoms with E-state index in [1.165, 1.54) is 0 Å². The first-order valence-corrected chi connectivity index (χ1v) is 7.93. The van der Waals surface area contributed by atoms with Crippen LogP contribution in [0.15, 0.2) is 30.3 Å². The minimum Gasteiger partial charge on any atom is -0.463 e. The summed E-state index contributed by atoms with van der Waals surface area (Å²) >= 11 is 0. The zero-order chi connectivity index (χ0) is 16.7. The largest absolute Gasteiger partial charge is 0.463 e. The Balaban J connectivity index is 0.00000288. The van der Waals surface area contributed by atoms with Crippen molar-refractivity contribution in [2.24, 2.45) is 0 Å². The van der Waals surface area contributed by atoms with Crippen molar-refractivity contribution in [3.05, 3.63) is 35.9 Å². The monoisotopic (exact) mass is 356 g/mol. The molecule has 0 aromatic heterocycles. The van der Waals surface area contributed by atoms with Crippen molar-refractivity contribution in [1.82, 2.24) is 10.6 Å². The van der Waals surface area contributed by atoms with Crippen LogP contribution in [-0.2, 0) is 19.1 Å². The minimum absolute atomic E-state index is 0. The zero-order valence-electron chi connectivity index (χ0n) is 14.0. The number of hydrogen-bond donors (Lipinski definition) is 2. The average Bonchev–Trinajstić information content (AvgIpc) is 2.55. The molecule has 1 aromatic carbocycles. The number of hydrogen-bond acceptors (Lipinski definition) is 5. The molecule has 24 heavy (non-hydrogen) atoms. The summed E-state index contributed by atoms with van der Waals surface area (Å²) in [5.41, 5.74) is 0.866. The Labute approximate surface area is 148 Å². The molecule has 1 heterocycles. The fraction of sp³-hybridized carbons (Fsp3) is 0.529. The van der Waals surface area contributed by atoms with Gasteiger partial charge in [0.05, 0.1) is 25.2 Å². The molecule has 1 fully saturated rings. The van der Waals surface area contributed by atoms with Gasteiger partial charge >= 0.3 is 5.97 Å². The lowest BCUT2D eigenvalue weighted by atomic mass is 10.0. The van der Waals surface area contributed by atoms with Crippen LogP contribution >= 0.6 is 12.4 Å². The zero-order valence-corrected chi connectivity index (χ0v) is 14.8. The molecular weight excluding hydrogens is 332 g/mol. The molecule has 1 saturated heterocycles. The second kappa shape index (κ2) is 10.3. The van der Waals surface area contributed by atoms with Gasteiger partial charge in [-0.3, -0.25) is 9.59 Å². The molecule has 134 valence electrons. The molecular formula is C17H25ClN2O4. The lowest BCUT2D eigenvalue weighted by molar-refractivity contribution is -0.148. The van der Waals surface area contributed by atoms with E-state index in [1.807, 2.05) is 30.3 Å². The van der Waals surface area contributed by atoms with Crippen LogP contribution in [0.1, 0.15) is 31.9 Å². The maximum atomic E-state index is 12.4. The molecule has 0 saturated carbocycles. The maximum absolute atomic E-state index is 12.4. The highest BCUT2D eigenvalue weighted by Gasteiger charge is 2.26. The number of esters is 1. The maximum Gasteiger partial charge on any atom is 0.308 e. The predicted octanol–water partition coefficient (Wildman–Crippen LogP) is 1.60. The summed E-state index contributed by atoms with van der Waals surface area (Å²) in [6.07, 6.45) is -0.620. The van der Waals surface area contributed by atoms with Crippen molar-refractivity contribution in [2.75, 3.05) is 19.7 Å². The molecule has 2 N–H and O–H groups in total. The molecule has 0 spiro atoms. The lowest BCUT2D eigenvalue weighted by Gasteiger charge is -2.26. The van der Waals surface area contributed by atoms with Gasteiger partial charge in [0.15, 0.2) is 0 Å². The first-order chi connectivity index (χ1) is 11.1. The van der Waals surface area contributed by atoms with E-state index in [0.29, 0.717) is 13.2 Å². The quantitative estimate of drug-likeness (QED) is 0.757. The summed E-state index contributed by atoms with van der Waals surface area (Å²) < 4.78 is 10.7. The van der Waals surface area contributed by atoms with Crippen molar-refractivity contribution >= 4 is 24.3 Å². The Morgan fingerprint density at radius 1 is 1.33 bits per heavy atom. The topological polar surface area (TPSA) is 76.7 Å². The smallest absolute Gasteiger partial charge is 0.308 e. The Morgan fingerprint density at radius 2 is 2.04 bits per heavy atom. The van der Waals surface area contributed by atoms with Gasteiger partial charge in [-0.25, -0.2) is 0 Å². The molecule has 0 radical (unpaired) electrons. The number of carbonyl (C=O) groups is 2. The Hall–Kier alpha value is -1.63. The molecule has 6 nitrogen and oxygen atoms in total. The van der Waals surface area contributed by atoms with E-state index in [1.54, 1.807) is 13.8 Å². The molecule has 1 aliphatic heterocycles. The Morgan fingerprint density at radius 3 is 2.62 bits per heavy atom. The van der Waals surface area contributed by atoms with Gasteiger partial charge in [0.1, 0.15) is 6.10 Å². The fourth-order valence-electron chi connectivity index (χ4n) is 2.41. The third-order valence-electron chi connectivity index (χ3n) is 3.48. The van der Waals surface area contributed by atoms with E-state index in [0.717, 1.165) is 12.1 Å². The van der Waals surface area contributed by atoms with Gasteiger partial charge in [0.25, 0.3) is 5.91 Å². The van der Waals surface area contributed by atoms with Gasteiger partial charge in [0.2, 0.25) is 0 Å². The number of halogens is 1. The summed E-state index contributed by atoms with van der Waals surface area (Å²) in [5, 5.41) is 6.02. The second-order valence-corrected chi connectivity index (χ2v) is 5.78. The van der Waals surface area contributed by atoms with Crippen molar-refractivity contribution in [3.63, 3.8) is 0 Å². The van der Waals surface area contributed by atoms with Crippen molar-refractivity contribution < 1.29 is 19.1 Å². The molecule has 0 bridgehead atoms. The highest BCUT2D eigenvalue weighted by molar-refractivity contribution is 5.85. The SMILES string of the molecule is CC(C)OC(=O)CC(NC(=O)C1CNCCO1)c1ccccc1.Cl. The molecule has 2 atom stereocenters. The van der Waals surface area contributed by atoms with Gasteiger partial charge in [-0.05, 0) is 19.4 Å². The number of nitrogens with one attached hydrogen (secondary N) is 2. The minimum atomic E-state index is -0.531. The van der Waals surface area contributed by atoms with E-state index >= 15 is 0 Å². The van der Waals surface area contributed by atoms with Crippen LogP contribution in [0.25, 0.3) is 0 Å². The van der Waals surface area contributed by atoms with E-state index < -0.39 is 12.1 Å². The van der Waals surface area contributed by atoms with Gasteiger partial charge in [0, 0.05) is 13.1 Å². The van der Waals surface area contributed by atoms with Crippen LogP contribution in [0.3, 0.4) is 0 Å². The van der Waals surface area contributed by atoms with E-state index in [2.05, 4.69) is 10.6 Å². The lowest BCUT2D eigenvalue weighted by Crippen LogP contribution is -2.48. The van der Waals surface area contributed by atoms with Gasteiger partial charge in [-0.2, -0.15) is 0 Å². The van der Waals surface area contributed by atoms with Crippen molar-refractivity contribution in [3.8, 4) is 0 Å². The number of ether oxygens (including phenoxy) is 2. The Bertz CT molecular complexity index is 519. The van der Waals surface area contributed by atoms with Crippen LogP contribution in [0.2, 0.25) is 0 Å². The van der Waals surface area contributed by atoms with Crippen LogP contribution in [0.4, 0.5) is 0 Å². The molecule has 1 aliphatic rings. The Kier molecular flexibility index (Phi) is 8.74. The van der Waals surface area contributed by atoms with Crippen LogP contribution in [0.5, 0.6) is 0 Å². The summed E-state index contributed by atoms with van der Waals surface area (Å²) in [5.74, 6) is -0.555. The molecule has 1 aromatic rings. The first kappa shape index (κ1) is 20.4. The van der Waals surface area contributed by atoms with Crippen LogP contribution < -0.4 is 10.6 Å². The molecule has 0 aliphatic carbocycles. The van der Waals surface area contributed by atoms with Crippen molar-refractivity contribution in [2.45, 2.75) is 38.5 Å². The van der Waals surface area contributed by atoms with E-state index in [4.69, 9.17) is 9.47 Å². The highest BCUT2D eigenvalue weighted by Crippen LogP contribution is 2.18. The third-order valence-corrected chi connectivity index (χ3v) is 3.48. The summed E-state index contributed by atoms with van der Waals surface area (Å²) in [7, 11) is 0. The second-order valence-electron chi connectivity index (χ2n) is 5.78. The number of carbonyl (C=O) groups excluding carboxylic acids is 2. The summed E-state index contributed by atoms with van der Waals surface area (Å²) in [6.45, 7) is 5.32. The highest BCUT2D eigenvalue weighted by atomic mass is 35.5. The van der Waals surface area contributed by atoms with Crippen LogP contribution in [0, 0.1) is 0 Å². The van der Waals surface area contributed by atoms with Gasteiger partial charge in [-0.1, -0.05) is 30.3 Å². The first-order valence-electron chi connectivity index (χ1n) is 7.93. The predicted molar refractivity (Wildman–Crippen MR) is 93.0 cm³/mol. The molecule has 2 rings (SSSR count). The average molecular weight is 357 g/mol. The van der Waals surface area contributed by atoms with Crippen molar-refractivity contribution in [1.29, 1.82) is 0 Å². The molecule has 1 amide bonds. The fourth-order valence-corrected chi connectivity index (χ4v) is 2.41. The summed E-state index contributed by atoms with van der Waals surface area (Å²) in [4.78, 5) is 24.3. The molecule has 2 unspecified atom stereocenters. The van der Waals surface area contributed by atoms with Crippen LogP contribution in [-0.4, -0.2) is 43.8 Å². The number of rotatable bonds is 6. The van der Waals surface area contributed by atoms with Gasteiger partial charge in [-0.15, -0.1) is 12.4 Å². The summed E-state index contributed by atoms with van der Waals surface area (Å²) in [6, 6.07) is 8.98. The van der Waals surface area contributed by atoms with E-state index in [9.17, 15) is 9.59 Å².